The second-order valence-electron chi connectivity index (χ2n) is 11.4. The fourth-order valence-electron chi connectivity index (χ4n) is 4.99. The molecule has 0 saturated carbocycles. The Kier molecular flexibility index (Phi) is 12.9. The minimum absolute atomic E-state index is 0.0163. The van der Waals surface area contributed by atoms with E-state index in [0.29, 0.717) is 23.7 Å². The summed E-state index contributed by atoms with van der Waals surface area (Å²) in [6, 6.07) is 5.03. The zero-order chi connectivity index (χ0) is 33.3. The number of carbonyl (C=O) groups is 3. The highest BCUT2D eigenvalue weighted by molar-refractivity contribution is 5.95. The number of imide groups is 1. The molecule has 1 aromatic carbocycles. The highest BCUT2D eigenvalue weighted by Crippen LogP contribution is 2.25. The molecule has 1 saturated heterocycles. The van der Waals surface area contributed by atoms with Crippen LogP contribution in [0.15, 0.2) is 43.0 Å². The molecule has 3 N–H and O–H groups in total. The van der Waals surface area contributed by atoms with Crippen molar-refractivity contribution in [1.82, 2.24) is 29.6 Å². The van der Waals surface area contributed by atoms with E-state index in [1.807, 2.05) is 26.0 Å². The van der Waals surface area contributed by atoms with E-state index in [9.17, 15) is 28.3 Å². The third kappa shape index (κ3) is 9.50. The van der Waals surface area contributed by atoms with E-state index in [1.165, 1.54) is 35.2 Å². The van der Waals surface area contributed by atoms with Gasteiger partial charge in [-0.25, -0.2) is 18.8 Å². The number of aromatic nitrogens is 1. The number of likely N-dealkylation sites (N-methyl/N-ethyl adjacent to an activating group) is 3. The lowest BCUT2D eigenvalue weighted by Crippen LogP contribution is -2.59. The summed E-state index contributed by atoms with van der Waals surface area (Å²) in [7, 11) is 6.06. The molecule has 0 radical (unpaired) electrons. The maximum atomic E-state index is 14.9. The van der Waals surface area contributed by atoms with Crippen molar-refractivity contribution < 1.29 is 28.3 Å². The van der Waals surface area contributed by atoms with Crippen molar-refractivity contribution in [3.63, 3.8) is 0 Å². The number of phenols is 1. The van der Waals surface area contributed by atoms with Crippen molar-refractivity contribution in [2.75, 3.05) is 71.9 Å². The van der Waals surface area contributed by atoms with Gasteiger partial charge in [-0.15, -0.1) is 6.58 Å². The van der Waals surface area contributed by atoms with Gasteiger partial charge < -0.3 is 19.8 Å². The molecule has 1 atom stereocenters. The second-order valence-corrected chi connectivity index (χ2v) is 11.4. The molecule has 2 heterocycles. The molecular formula is C31H44F2N8O4. The maximum Gasteiger partial charge on any atom is 0.246 e. The van der Waals surface area contributed by atoms with Gasteiger partial charge in [0.2, 0.25) is 18.2 Å². The van der Waals surface area contributed by atoms with Crippen molar-refractivity contribution in [2.45, 2.75) is 32.0 Å². The number of phenolic OH excluding ortho intramolecular Hbond substituents is 1. The largest absolute Gasteiger partial charge is 0.508 e. The summed E-state index contributed by atoms with van der Waals surface area (Å²) in [4.78, 5) is 52.1. The minimum Gasteiger partial charge on any atom is -0.508 e. The monoisotopic (exact) mass is 630 g/mol. The van der Waals surface area contributed by atoms with E-state index < -0.39 is 36.0 Å². The van der Waals surface area contributed by atoms with Crippen LogP contribution in [0.2, 0.25) is 0 Å². The first-order valence-electron chi connectivity index (χ1n) is 14.8. The Bertz CT molecular complexity index is 1340. The normalized spacial score (nSPS) is 14.0. The summed E-state index contributed by atoms with van der Waals surface area (Å²) < 4.78 is 29.6. The van der Waals surface area contributed by atoms with Crippen molar-refractivity contribution in [3.05, 3.63) is 65.9 Å². The number of nitrogens with two attached hydrogens (primary N) is 1. The van der Waals surface area contributed by atoms with Gasteiger partial charge in [-0.05, 0) is 51.8 Å². The molecule has 0 spiro atoms. The summed E-state index contributed by atoms with van der Waals surface area (Å²) in [5.41, 5.74) is 0.423. The number of nitrogens with zero attached hydrogens (tertiary/aromatic N) is 7. The number of hydrogen-bond donors (Lipinski definition) is 2. The number of rotatable bonds is 17. The number of halogens is 2. The zero-order valence-corrected chi connectivity index (χ0v) is 26.4. The van der Waals surface area contributed by atoms with E-state index in [4.69, 9.17) is 5.84 Å². The highest BCUT2D eigenvalue weighted by Gasteiger charge is 2.35. The SMILES string of the molecule is C=CCN(N)CC(=O)N(C=O)[C@@H](Cc1ccc(O)cc1F)C(=O)N(CC)Cc1ccc(F)c(N2CC(N(C)CCN(C)C)C2)n1. The van der Waals surface area contributed by atoms with Crippen LogP contribution in [-0.4, -0.2) is 132 Å². The quantitative estimate of drug-likeness (QED) is 0.113. The Morgan fingerprint density at radius 1 is 1.16 bits per heavy atom. The van der Waals surface area contributed by atoms with Crippen molar-refractivity contribution >= 4 is 24.0 Å². The van der Waals surface area contributed by atoms with E-state index in [0.717, 1.165) is 24.2 Å². The van der Waals surface area contributed by atoms with Crippen LogP contribution >= 0.6 is 0 Å². The summed E-state index contributed by atoms with van der Waals surface area (Å²) in [5, 5.41) is 10.8. The summed E-state index contributed by atoms with van der Waals surface area (Å²) in [6.45, 7) is 8.13. The van der Waals surface area contributed by atoms with E-state index in [-0.39, 0.29) is 55.6 Å². The average molecular weight is 631 g/mol. The highest BCUT2D eigenvalue weighted by atomic mass is 19.1. The van der Waals surface area contributed by atoms with Crippen LogP contribution < -0.4 is 10.7 Å². The van der Waals surface area contributed by atoms with Gasteiger partial charge in [0.05, 0.1) is 18.8 Å². The van der Waals surface area contributed by atoms with Crippen LogP contribution in [0.3, 0.4) is 0 Å². The van der Waals surface area contributed by atoms with Crippen LogP contribution in [0, 0.1) is 11.6 Å². The lowest BCUT2D eigenvalue weighted by Gasteiger charge is -2.45. The third-order valence-corrected chi connectivity index (χ3v) is 7.79. The van der Waals surface area contributed by atoms with Crippen LogP contribution in [0.5, 0.6) is 5.75 Å². The molecule has 1 aliphatic heterocycles. The number of hydrogen-bond acceptors (Lipinski definition) is 10. The zero-order valence-electron chi connectivity index (χ0n) is 26.4. The number of anilines is 1. The van der Waals surface area contributed by atoms with Crippen LogP contribution in [-0.2, 0) is 27.3 Å². The summed E-state index contributed by atoms with van der Waals surface area (Å²) in [6.07, 6.45) is 1.35. The molecule has 45 heavy (non-hydrogen) atoms. The number of hydrazine groups is 1. The standard InChI is InChI=1S/C31H44F2N8O4/c1-6-12-40(34)20-29(44)41(21-42)28(15-22-8-10-25(43)16-27(22)33)31(45)38(7-2)17-23-9-11-26(32)30(35-23)39-18-24(19-39)37(5)14-13-36(3)4/h6,8-11,16,21,24,28,43H,1,7,12-15,17-20,34H2,2-5H3/t28-/m0/s1. The fourth-order valence-corrected chi connectivity index (χ4v) is 4.99. The van der Waals surface area contributed by atoms with Gasteiger partial charge in [0, 0.05) is 57.8 Å². The van der Waals surface area contributed by atoms with Crippen molar-refractivity contribution in [3.8, 4) is 5.75 Å². The van der Waals surface area contributed by atoms with E-state index in [1.54, 1.807) is 6.92 Å². The Hall–Kier alpha value is -3.98. The average Bonchev–Trinajstić information content (AvgIpc) is 2.96. The van der Waals surface area contributed by atoms with Gasteiger partial charge in [-0.3, -0.25) is 30.0 Å². The molecule has 3 amide bonds. The minimum atomic E-state index is -1.43. The Balaban J connectivity index is 1.83. The molecule has 246 valence electrons. The smallest absolute Gasteiger partial charge is 0.246 e. The molecule has 0 unspecified atom stereocenters. The molecule has 0 aliphatic carbocycles. The number of aromatic hydroxyl groups is 1. The van der Waals surface area contributed by atoms with Gasteiger partial charge in [0.25, 0.3) is 0 Å². The van der Waals surface area contributed by atoms with Gasteiger partial charge in [-0.1, -0.05) is 12.1 Å². The molecule has 1 aliphatic rings. The predicted octanol–water partition coefficient (Wildman–Crippen LogP) is 1.05. The third-order valence-electron chi connectivity index (χ3n) is 7.79. The van der Waals surface area contributed by atoms with Crippen molar-refractivity contribution in [1.29, 1.82) is 0 Å². The van der Waals surface area contributed by atoms with Gasteiger partial charge in [0.15, 0.2) is 11.6 Å². The number of benzene rings is 1. The number of amides is 3. The van der Waals surface area contributed by atoms with Crippen LogP contribution in [0.25, 0.3) is 0 Å². The molecule has 14 heteroatoms. The second kappa shape index (κ2) is 16.4. The molecule has 1 aromatic heterocycles. The van der Waals surface area contributed by atoms with Gasteiger partial charge in [-0.2, -0.15) is 0 Å². The summed E-state index contributed by atoms with van der Waals surface area (Å²) >= 11 is 0. The fraction of sp³-hybridized carbons (Fsp3) is 0.484. The molecule has 12 nitrogen and oxygen atoms in total. The first kappa shape index (κ1) is 35.5. The topological polar surface area (TPSA) is 130 Å². The van der Waals surface area contributed by atoms with Gasteiger partial charge >= 0.3 is 0 Å². The number of carbonyl (C=O) groups excluding carboxylic acids is 3. The lowest BCUT2D eigenvalue weighted by molar-refractivity contribution is -0.151. The first-order chi connectivity index (χ1) is 21.4. The van der Waals surface area contributed by atoms with E-state index >= 15 is 0 Å². The first-order valence-corrected chi connectivity index (χ1v) is 14.8. The van der Waals surface area contributed by atoms with Crippen molar-refractivity contribution in [2.24, 2.45) is 5.84 Å². The lowest BCUT2D eigenvalue weighted by atomic mass is 10.0. The molecule has 3 rings (SSSR count). The van der Waals surface area contributed by atoms with E-state index in [2.05, 4.69) is 21.4 Å². The molecule has 0 bridgehead atoms. The Morgan fingerprint density at radius 2 is 1.87 bits per heavy atom. The maximum absolute atomic E-state index is 14.9. The predicted molar refractivity (Wildman–Crippen MR) is 167 cm³/mol. The summed E-state index contributed by atoms with van der Waals surface area (Å²) in [5.74, 6) is 3.00. The molecule has 1 fully saturated rings. The molecule has 2 aromatic rings. The van der Waals surface area contributed by atoms with Crippen LogP contribution in [0.1, 0.15) is 18.2 Å². The van der Waals surface area contributed by atoms with Gasteiger partial charge in [0.1, 0.15) is 17.6 Å². The number of pyridine rings is 1. The Labute approximate surface area is 263 Å². The molecular weight excluding hydrogens is 586 g/mol. The Morgan fingerprint density at radius 3 is 2.47 bits per heavy atom. The van der Waals surface area contributed by atoms with Crippen LogP contribution in [0.4, 0.5) is 14.6 Å².